The highest BCUT2D eigenvalue weighted by molar-refractivity contribution is 6.33. The van der Waals surface area contributed by atoms with Gasteiger partial charge in [-0.05, 0) is 30.2 Å². The Morgan fingerprint density at radius 3 is 2.69 bits per heavy atom. The van der Waals surface area contributed by atoms with E-state index in [0.29, 0.717) is 27.6 Å². The van der Waals surface area contributed by atoms with Crippen LogP contribution in [0.5, 0.6) is 5.75 Å². The first-order chi connectivity index (χ1) is 12.4. The second-order valence-corrected chi connectivity index (χ2v) is 6.50. The lowest BCUT2D eigenvalue weighted by atomic mass is 10.1. The van der Waals surface area contributed by atoms with Crippen LogP contribution in [0.25, 0.3) is 11.0 Å². The molecule has 3 aromatic rings. The van der Waals surface area contributed by atoms with Crippen LogP contribution in [-0.4, -0.2) is 12.5 Å². The number of carbonyl (C=O) groups is 1. The monoisotopic (exact) mass is 391 g/mol. The molecule has 5 nitrogen and oxygen atoms in total. The van der Waals surface area contributed by atoms with Gasteiger partial charge in [-0.25, -0.2) is 4.79 Å². The van der Waals surface area contributed by atoms with Crippen molar-refractivity contribution in [3.63, 3.8) is 0 Å². The van der Waals surface area contributed by atoms with E-state index in [1.165, 1.54) is 12.1 Å². The predicted molar refractivity (Wildman–Crippen MR) is 101 cm³/mol. The third-order valence-corrected chi connectivity index (χ3v) is 4.46. The smallest absolute Gasteiger partial charge is 0.336 e. The second kappa shape index (κ2) is 7.81. The van der Waals surface area contributed by atoms with Crippen LogP contribution in [0.4, 0.5) is 0 Å². The van der Waals surface area contributed by atoms with Gasteiger partial charge in [0, 0.05) is 29.1 Å². The minimum atomic E-state index is -0.458. The third-order valence-electron chi connectivity index (χ3n) is 3.80. The summed E-state index contributed by atoms with van der Waals surface area (Å²) in [7, 11) is 0. The molecule has 0 bridgehead atoms. The minimum Gasteiger partial charge on any atom is -0.482 e. The molecule has 0 spiro atoms. The van der Waals surface area contributed by atoms with Crippen molar-refractivity contribution >= 4 is 40.1 Å². The predicted octanol–water partition coefficient (Wildman–Crippen LogP) is 4.10. The zero-order valence-corrected chi connectivity index (χ0v) is 15.4. The summed E-state index contributed by atoms with van der Waals surface area (Å²) in [6.07, 6.45) is 0. The maximum Gasteiger partial charge on any atom is 0.336 e. The van der Waals surface area contributed by atoms with Crippen molar-refractivity contribution in [2.75, 3.05) is 6.61 Å². The lowest BCUT2D eigenvalue weighted by molar-refractivity contribution is -0.123. The van der Waals surface area contributed by atoms with Crippen molar-refractivity contribution < 1.29 is 13.9 Å². The highest BCUT2D eigenvalue weighted by atomic mass is 35.5. The van der Waals surface area contributed by atoms with Gasteiger partial charge in [0.1, 0.15) is 11.3 Å². The second-order valence-electron chi connectivity index (χ2n) is 5.68. The molecular weight excluding hydrogens is 377 g/mol. The van der Waals surface area contributed by atoms with Crippen LogP contribution in [0.2, 0.25) is 10.0 Å². The van der Waals surface area contributed by atoms with Gasteiger partial charge in [-0.2, -0.15) is 0 Å². The van der Waals surface area contributed by atoms with Crippen molar-refractivity contribution in [2.45, 2.75) is 13.5 Å². The fraction of sp³-hybridized carbons (Fsp3) is 0.158. The van der Waals surface area contributed by atoms with Gasteiger partial charge < -0.3 is 14.5 Å². The largest absolute Gasteiger partial charge is 0.482 e. The summed E-state index contributed by atoms with van der Waals surface area (Å²) in [5.41, 5.74) is 1.46. The number of aryl methyl sites for hydroxylation is 1. The van der Waals surface area contributed by atoms with Crippen molar-refractivity contribution in [1.82, 2.24) is 5.32 Å². The Morgan fingerprint density at radius 2 is 1.92 bits per heavy atom. The van der Waals surface area contributed by atoms with Crippen molar-refractivity contribution in [2.24, 2.45) is 0 Å². The van der Waals surface area contributed by atoms with E-state index < -0.39 is 5.63 Å². The summed E-state index contributed by atoms with van der Waals surface area (Å²) < 4.78 is 10.6. The van der Waals surface area contributed by atoms with Crippen LogP contribution in [0.15, 0.2) is 51.7 Å². The van der Waals surface area contributed by atoms with Crippen molar-refractivity contribution in [1.29, 1.82) is 0 Å². The number of ether oxygens (including phenoxy) is 1. The van der Waals surface area contributed by atoms with Gasteiger partial charge in [0.15, 0.2) is 6.61 Å². The topological polar surface area (TPSA) is 68.5 Å². The summed E-state index contributed by atoms with van der Waals surface area (Å²) in [5.74, 6) is -0.0624. The number of amides is 1. The number of hydrogen-bond donors (Lipinski definition) is 1. The van der Waals surface area contributed by atoms with Crippen LogP contribution in [0.3, 0.4) is 0 Å². The molecule has 0 radical (unpaired) electrons. The zero-order valence-electron chi connectivity index (χ0n) is 13.8. The Bertz CT molecular complexity index is 1030. The molecule has 0 saturated heterocycles. The van der Waals surface area contributed by atoms with Gasteiger partial charge in [0.05, 0.1) is 5.02 Å². The normalized spacial score (nSPS) is 10.7. The zero-order chi connectivity index (χ0) is 18.7. The fourth-order valence-corrected chi connectivity index (χ4v) is 2.88. The van der Waals surface area contributed by atoms with E-state index in [0.717, 1.165) is 11.1 Å². The van der Waals surface area contributed by atoms with Crippen LogP contribution >= 0.6 is 23.2 Å². The Balaban J connectivity index is 1.67. The Kier molecular flexibility index (Phi) is 5.49. The van der Waals surface area contributed by atoms with E-state index in [2.05, 4.69) is 5.32 Å². The van der Waals surface area contributed by atoms with E-state index in [1.54, 1.807) is 19.1 Å². The van der Waals surface area contributed by atoms with E-state index >= 15 is 0 Å². The molecule has 134 valence electrons. The molecule has 1 heterocycles. The van der Waals surface area contributed by atoms with Gasteiger partial charge in [-0.15, -0.1) is 0 Å². The van der Waals surface area contributed by atoms with Crippen LogP contribution < -0.4 is 15.7 Å². The third kappa shape index (κ3) is 4.18. The molecule has 0 saturated carbocycles. The molecule has 0 aliphatic carbocycles. The highest BCUT2D eigenvalue weighted by Crippen LogP contribution is 2.30. The van der Waals surface area contributed by atoms with Crippen molar-refractivity contribution in [3.8, 4) is 5.75 Å². The van der Waals surface area contributed by atoms with Crippen LogP contribution in [-0.2, 0) is 11.3 Å². The van der Waals surface area contributed by atoms with Gasteiger partial charge in [-0.3, -0.25) is 4.79 Å². The van der Waals surface area contributed by atoms with Crippen LogP contribution in [0, 0.1) is 6.92 Å². The number of fused-ring (bicyclic) bond motifs is 1. The summed E-state index contributed by atoms with van der Waals surface area (Å²) in [4.78, 5) is 23.5. The summed E-state index contributed by atoms with van der Waals surface area (Å²) in [6, 6.07) is 11.8. The van der Waals surface area contributed by atoms with Gasteiger partial charge >= 0.3 is 5.63 Å². The molecule has 0 atom stereocenters. The van der Waals surface area contributed by atoms with E-state index in [-0.39, 0.29) is 18.3 Å². The number of carbonyl (C=O) groups excluding carboxylic acids is 1. The number of halogens is 2. The molecule has 0 aliphatic rings. The molecule has 1 N–H and O–H groups in total. The highest BCUT2D eigenvalue weighted by Gasteiger charge is 2.11. The van der Waals surface area contributed by atoms with Gasteiger partial charge in [0.2, 0.25) is 0 Å². The maximum atomic E-state index is 12.0. The molecule has 0 unspecified atom stereocenters. The molecule has 2 aromatic carbocycles. The summed E-state index contributed by atoms with van der Waals surface area (Å²) in [6.45, 7) is 1.85. The first-order valence-corrected chi connectivity index (χ1v) is 8.56. The maximum absolute atomic E-state index is 12.0. The van der Waals surface area contributed by atoms with Crippen LogP contribution in [0.1, 0.15) is 11.1 Å². The molecule has 7 heteroatoms. The SMILES string of the molecule is Cc1cc(=O)oc2cc(OCC(=O)NCc3ccccc3Cl)c(Cl)cc12. The number of benzene rings is 2. The van der Waals surface area contributed by atoms with Crippen molar-refractivity contribution in [3.05, 3.63) is 74.1 Å². The number of rotatable bonds is 5. The molecular formula is C19H15Cl2NO4. The quantitative estimate of drug-likeness (QED) is 0.664. The van der Waals surface area contributed by atoms with Gasteiger partial charge in [0.25, 0.3) is 5.91 Å². The fourth-order valence-electron chi connectivity index (χ4n) is 2.46. The lowest BCUT2D eigenvalue weighted by Crippen LogP contribution is -2.28. The Labute approximate surface area is 159 Å². The molecule has 26 heavy (non-hydrogen) atoms. The molecule has 1 aromatic heterocycles. The number of hydrogen-bond acceptors (Lipinski definition) is 4. The average Bonchev–Trinajstić information content (AvgIpc) is 2.60. The van der Waals surface area contributed by atoms with E-state index in [1.807, 2.05) is 18.2 Å². The average molecular weight is 392 g/mol. The Hall–Kier alpha value is -2.50. The molecule has 0 fully saturated rings. The first kappa shape index (κ1) is 18.3. The lowest BCUT2D eigenvalue weighted by Gasteiger charge is -2.10. The first-order valence-electron chi connectivity index (χ1n) is 7.81. The number of nitrogens with one attached hydrogen (secondary N) is 1. The minimum absolute atomic E-state index is 0.230. The summed E-state index contributed by atoms with van der Waals surface area (Å²) >= 11 is 12.2. The van der Waals surface area contributed by atoms with E-state index in [4.69, 9.17) is 32.4 Å². The van der Waals surface area contributed by atoms with E-state index in [9.17, 15) is 9.59 Å². The Morgan fingerprint density at radius 1 is 1.15 bits per heavy atom. The summed E-state index contributed by atoms with van der Waals surface area (Å²) in [5, 5.41) is 4.34. The molecule has 0 aliphatic heterocycles. The van der Waals surface area contributed by atoms with Gasteiger partial charge in [-0.1, -0.05) is 41.4 Å². The standard InChI is InChI=1S/C19H15Cl2NO4/c1-11-6-19(24)26-16-8-17(15(21)7-13(11)16)25-10-18(23)22-9-12-4-2-3-5-14(12)20/h2-8H,9-10H2,1H3,(H,22,23). The molecule has 3 rings (SSSR count). The molecule has 1 amide bonds.